The number of rotatable bonds is 3. The van der Waals surface area contributed by atoms with Gasteiger partial charge in [0.1, 0.15) is 4.88 Å². The first-order valence-electron chi connectivity index (χ1n) is 6.46. The van der Waals surface area contributed by atoms with Gasteiger partial charge in [-0.25, -0.2) is 0 Å². The number of hydrogen-bond donors (Lipinski definition) is 2. The maximum Gasteiger partial charge on any atom is 0.265 e. The average Bonchev–Trinajstić information content (AvgIpc) is 2.66. The highest BCUT2D eigenvalue weighted by Crippen LogP contribution is 2.36. The number of aliphatic hydroxyl groups is 1. The van der Waals surface area contributed by atoms with E-state index in [2.05, 4.69) is 0 Å². The molecule has 0 radical (unpaired) electrons. The second kappa shape index (κ2) is 5.07. The van der Waals surface area contributed by atoms with Crippen molar-refractivity contribution in [1.82, 2.24) is 4.90 Å². The summed E-state index contributed by atoms with van der Waals surface area (Å²) in [7, 11) is 1.68. The lowest BCUT2D eigenvalue weighted by Crippen LogP contribution is -2.39. The minimum atomic E-state index is -0.925. The Balaban J connectivity index is 2.40. The standard InChI is InChI=1S/C15H20N2O2S/c1-9-6-5-7-10-11(16)13(20-12(9)10)14(18)17(4)8-15(2,3)19/h5-7,19H,8,16H2,1-4H3. The zero-order valence-electron chi connectivity index (χ0n) is 12.2. The summed E-state index contributed by atoms with van der Waals surface area (Å²) in [6.07, 6.45) is 0. The molecule has 1 aromatic heterocycles. The van der Waals surface area contributed by atoms with E-state index in [1.54, 1.807) is 20.9 Å². The number of benzene rings is 1. The minimum absolute atomic E-state index is 0.148. The van der Waals surface area contributed by atoms with Gasteiger partial charge in [-0.3, -0.25) is 4.79 Å². The van der Waals surface area contributed by atoms with Crippen molar-refractivity contribution in [2.75, 3.05) is 19.3 Å². The Kier molecular flexibility index (Phi) is 3.75. The van der Waals surface area contributed by atoms with Gasteiger partial charge < -0.3 is 15.7 Å². The summed E-state index contributed by atoms with van der Waals surface area (Å²) in [5, 5.41) is 10.7. The van der Waals surface area contributed by atoms with Gasteiger partial charge in [-0.1, -0.05) is 18.2 Å². The summed E-state index contributed by atoms with van der Waals surface area (Å²) in [5.74, 6) is -0.148. The monoisotopic (exact) mass is 292 g/mol. The minimum Gasteiger partial charge on any atom is -0.397 e. The third kappa shape index (κ3) is 2.78. The fourth-order valence-electron chi connectivity index (χ4n) is 2.26. The summed E-state index contributed by atoms with van der Waals surface area (Å²) in [6.45, 7) is 5.62. The molecule has 2 rings (SSSR count). The second-order valence-electron chi connectivity index (χ2n) is 5.77. The molecule has 1 heterocycles. The zero-order valence-corrected chi connectivity index (χ0v) is 13.0. The van der Waals surface area contributed by atoms with Crippen molar-refractivity contribution in [2.45, 2.75) is 26.4 Å². The van der Waals surface area contributed by atoms with Crippen LogP contribution in [-0.4, -0.2) is 35.1 Å². The van der Waals surface area contributed by atoms with Crippen molar-refractivity contribution in [3.63, 3.8) is 0 Å². The lowest BCUT2D eigenvalue weighted by Gasteiger charge is -2.25. The molecule has 0 aliphatic heterocycles. The van der Waals surface area contributed by atoms with Crippen LogP contribution in [0, 0.1) is 6.92 Å². The van der Waals surface area contributed by atoms with Crippen LogP contribution in [0.1, 0.15) is 29.1 Å². The average molecular weight is 292 g/mol. The molecule has 3 N–H and O–H groups in total. The third-order valence-electron chi connectivity index (χ3n) is 3.12. The van der Waals surface area contributed by atoms with Gasteiger partial charge in [0, 0.05) is 23.7 Å². The van der Waals surface area contributed by atoms with E-state index < -0.39 is 5.60 Å². The highest BCUT2D eigenvalue weighted by atomic mass is 32.1. The molecule has 0 atom stereocenters. The summed E-state index contributed by atoms with van der Waals surface area (Å²) >= 11 is 1.42. The van der Waals surface area contributed by atoms with Crippen LogP contribution in [0.15, 0.2) is 18.2 Å². The topological polar surface area (TPSA) is 66.6 Å². The lowest BCUT2D eigenvalue weighted by molar-refractivity contribution is 0.0371. The predicted octanol–water partition coefficient (Wildman–Crippen LogP) is 2.63. The Morgan fingerprint density at radius 3 is 2.65 bits per heavy atom. The van der Waals surface area contributed by atoms with Crippen LogP contribution in [0.4, 0.5) is 5.69 Å². The fraction of sp³-hybridized carbons (Fsp3) is 0.400. The quantitative estimate of drug-likeness (QED) is 0.914. The van der Waals surface area contributed by atoms with Crippen LogP contribution in [0.5, 0.6) is 0 Å². The molecule has 2 aromatic rings. The molecule has 4 nitrogen and oxygen atoms in total. The Labute approximate surface area is 122 Å². The van der Waals surface area contributed by atoms with E-state index in [-0.39, 0.29) is 12.5 Å². The first kappa shape index (κ1) is 14.8. The Morgan fingerprint density at radius 1 is 1.45 bits per heavy atom. The number of aryl methyl sites for hydroxylation is 1. The third-order valence-corrected chi connectivity index (χ3v) is 4.46. The molecule has 0 fully saturated rings. The van der Waals surface area contributed by atoms with Crippen LogP contribution in [0.2, 0.25) is 0 Å². The van der Waals surface area contributed by atoms with E-state index >= 15 is 0 Å². The Morgan fingerprint density at radius 2 is 2.10 bits per heavy atom. The Bertz CT molecular complexity index is 656. The zero-order chi connectivity index (χ0) is 15.1. The molecule has 1 aromatic carbocycles. The molecule has 0 saturated carbocycles. The molecule has 0 spiro atoms. The van der Waals surface area contributed by atoms with Gasteiger partial charge >= 0.3 is 0 Å². The number of hydrogen-bond acceptors (Lipinski definition) is 4. The van der Waals surface area contributed by atoms with Crippen molar-refractivity contribution in [3.8, 4) is 0 Å². The van der Waals surface area contributed by atoms with E-state index in [1.165, 1.54) is 16.2 Å². The van der Waals surface area contributed by atoms with E-state index in [9.17, 15) is 9.90 Å². The number of carbonyl (C=O) groups excluding carboxylic acids is 1. The molecular formula is C15H20N2O2S. The fourth-order valence-corrected chi connectivity index (χ4v) is 3.45. The Hall–Kier alpha value is -1.59. The van der Waals surface area contributed by atoms with Crippen LogP contribution >= 0.6 is 11.3 Å². The SMILES string of the molecule is Cc1cccc2c(N)c(C(=O)N(C)CC(C)(C)O)sc12. The van der Waals surface area contributed by atoms with Crippen LogP contribution in [0.3, 0.4) is 0 Å². The van der Waals surface area contributed by atoms with E-state index in [1.807, 2.05) is 25.1 Å². The number of nitrogen functional groups attached to an aromatic ring is 1. The summed E-state index contributed by atoms with van der Waals surface area (Å²) < 4.78 is 1.05. The maximum atomic E-state index is 12.5. The lowest BCUT2D eigenvalue weighted by atomic mass is 10.1. The molecule has 0 aliphatic rings. The van der Waals surface area contributed by atoms with Crippen LogP contribution in [-0.2, 0) is 0 Å². The number of anilines is 1. The number of nitrogens with zero attached hydrogens (tertiary/aromatic N) is 1. The first-order valence-corrected chi connectivity index (χ1v) is 7.28. The van der Waals surface area contributed by atoms with Crippen molar-refractivity contribution >= 4 is 33.0 Å². The van der Waals surface area contributed by atoms with Crippen molar-refractivity contribution < 1.29 is 9.90 Å². The molecule has 108 valence electrons. The number of nitrogens with two attached hydrogens (primary N) is 1. The number of amides is 1. The van der Waals surface area contributed by atoms with Gasteiger partial charge in [-0.15, -0.1) is 11.3 Å². The van der Waals surface area contributed by atoms with Gasteiger partial charge in [0.25, 0.3) is 5.91 Å². The first-order chi connectivity index (χ1) is 9.20. The summed E-state index contributed by atoms with van der Waals surface area (Å²) in [5.41, 5.74) is 6.83. The molecule has 0 aliphatic carbocycles. The summed E-state index contributed by atoms with van der Waals surface area (Å²) in [4.78, 5) is 14.5. The van der Waals surface area contributed by atoms with Gasteiger partial charge in [0.15, 0.2) is 0 Å². The molecule has 0 saturated heterocycles. The van der Waals surface area contributed by atoms with Gasteiger partial charge in [0.05, 0.1) is 11.3 Å². The number of thiophene rings is 1. The largest absolute Gasteiger partial charge is 0.397 e. The van der Waals surface area contributed by atoms with E-state index in [0.29, 0.717) is 10.6 Å². The van der Waals surface area contributed by atoms with Crippen LogP contribution in [0.25, 0.3) is 10.1 Å². The highest BCUT2D eigenvalue weighted by Gasteiger charge is 2.24. The van der Waals surface area contributed by atoms with Gasteiger partial charge in [-0.2, -0.15) is 0 Å². The molecule has 0 bridgehead atoms. The number of fused-ring (bicyclic) bond motifs is 1. The molecular weight excluding hydrogens is 272 g/mol. The van der Waals surface area contributed by atoms with Crippen molar-refractivity contribution in [1.29, 1.82) is 0 Å². The smallest absolute Gasteiger partial charge is 0.265 e. The predicted molar refractivity (Wildman–Crippen MR) is 84.2 cm³/mol. The molecule has 0 unspecified atom stereocenters. The normalized spacial score (nSPS) is 11.8. The molecule has 5 heteroatoms. The van der Waals surface area contributed by atoms with Crippen LogP contribution < -0.4 is 5.73 Å². The van der Waals surface area contributed by atoms with E-state index in [0.717, 1.165) is 15.6 Å². The van der Waals surface area contributed by atoms with Gasteiger partial charge in [0.2, 0.25) is 0 Å². The van der Waals surface area contributed by atoms with Crippen molar-refractivity contribution in [3.05, 3.63) is 28.6 Å². The molecule has 20 heavy (non-hydrogen) atoms. The number of carbonyl (C=O) groups is 1. The maximum absolute atomic E-state index is 12.5. The summed E-state index contributed by atoms with van der Waals surface area (Å²) in [6, 6.07) is 5.88. The van der Waals surface area contributed by atoms with E-state index in [4.69, 9.17) is 5.73 Å². The number of likely N-dealkylation sites (N-methyl/N-ethyl adjacent to an activating group) is 1. The molecule has 1 amide bonds. The van der Waals surface area contributed by atoms with Crippen molar-refractivity contribution in [2.24, 2.45) is 0 Å². The van der Waals surface area contributed by atoms with Gasteiger partial charge in [-0.05, 0) is 26.3 Å². The highest BCUT2D eigenvalue weighted by molar-refractivity contribution is 7.21. The second-order valence-corrected chi connectivity index (χ2v) is 6.79.